The highest BCUT2D eigenvalue weighted by Gasteiger charge is 2.10. The molecule has 0 saturated heterocycles. The summed E-state index contributed by atoms with van der Waals surface area (Å²) in [7, 11) is 2.06. The van der Waals surface area contributed by atoms with E-state index in [9.17, 15) is 4.79 Å². The minimum absolute atomic E-state index is 0.460. The van der Waals surface area contributed by atoms with Crippen molar-refractivity contribution in [1.82, 2.24) is 0 Å². The van der Waals surface area contributed by atoms with Crippen LogP contribution in [-0.4, -0.2) is 24.2 Å². The van der Waals surface area contributed by atoms with E-state index in [1.807, 2.05) is 18.2 Å². The van der Waals surface area contributed by atoms with Crippen LogP contribution in [0.5, 0.6) is 0 Å². The molecule has 0 radical (unpaired) electrons. The van der Waals surface area contributed by atoms with Gasteiger partial charge < -0.3 is 10.0 Å². The average molecular weight is 312 g/mol. The van der Waals surface area contributed by atoms with Crippen LogP contribution in [0.15, 0.2) is 28.7 Å². The maximum absolute atomic E-state index is 10.5. The second kappa shape index (κ2) is 6.59. The van der Waals surface area contributed by atoms with E-state index in [0.717, 1.165) is 28.2 Å². The summed E-state index contributed by atoms with van der Waals surface area (Å²) in [5, 5.41) is 8.58. The minimum atomic E-state index is -0.938. The van der Waals surface area contributed by atoms with Crippen molar-refractivity contribution in [3.63, 3.8) is 0 Å². The molecular weight excluding hydrogens is 294 g/mol. The second-order valence-electron chi connectivity index (χ2n) is 4.25. The van der Waals surface area contributed by atoms with Crippen LogP contribution in [0.4, 0.5) is 5.69 Å². The van der Waals surface area contributed by atoms with Crippen molar-refractivity contribution in [2.24, 2.45) is 0 Å². The number of hydrogen-bond donors (Lipinski definition) is 1. The lowest BCUT2D eigenvalue weighted by molar-refractivity contribution is -0.131. The van der Waals surface area contributed by atoms with E-state index in [4.69, 9.17) is 5.11 Å². The number of benzene rings is 1. The number of anilines is 1. The van der Waals surface area contributed by atoms with Gasteiger partial charge in [-0.25, -0.2) is 4.79 Å². The fraction of sp³-hybridized carbons (Fsp3) is 0.357. The predicted octanol–water partition coefficient (Wildman–Crippen LogP) is 3.78. The number of hydrogen-bond acceptors (Lipinski definition) is 2. The zero-order valence-electron chi connectivity index (χ0n) is 10.9. The van der Waals surface area contributed by atoms with Crippen LogP contribution in [0.25, 0.3) is 6.08 Å². The van der Waals surface area contributed by atoms with Gasteiger partial charge in [0.1, 0.15) is 0 Å². The highest BCUT2D eigenvalue weighted by Crippen LogP contribution is 2.28. The van der Waals surface area contributed by atoms with Gasteiger partial charge in [-0.2, -0.15) is 0 Å². The highest BCUT2D eigenvalue weighted by atomic mass is 79.9. The first-order chi connectivity index (χ1) is 8.45. The largest absolute Gasteiger partial charge is 0.478 e. The fourth-order valence-corrected chi connectivity index (χ4v) is 2.27. The summed E-state index contributed by atoms with van der Waals surface area (Å²) in [6.07, 6.45) is 3.80. The molecule has 0 fully saturated rings. The fourth-order valence-electron chi connectivity index (χ4n) is 1.59. The second-order valence-corrected chi connectivity index (χ2v) is 5.10. The third-order valence-electron chi connectivity index (χ3n) is 3.02. The van der Waals surface area contributed by atoms with Crippen LogP contribution < -0.4 is 4.90 Å². The zero-order chi connectivity index (χ0) is 13.7. The highest BCUT2D eigenvalue weighted by molar-refractivity contribution is 9.10. The third kappa shape index (κ3) is 3.88. The van der Waals surface area contributed by atoms with E-state index in [0.29, 0.717) is 6.04 Å². The van der Waals surface area contributed by atoms with Crippen molar-refractivity contribution in [1.29, 1.82) is 0 Å². The molecule has 0 spiro atoms. The first kappa shape index (κ1) is 14.8. The summed E-state index contributed by atoms with van der Waals surface area (Å²) in [5.74, 6) is -0.938. The SMILES string of the molecule is CCC(C)N(C)c1ccc(/C=C/C(=O)O)cc1Br. The summed E-state index contributed by atoms with van der Waals surface area (Å²) in [4.78, 5) is 12.7. The minimum Gasteiger partial charge on any atom is -0.478 e. The topological polar surface area (TPSA) is 40.5 Å². The van der Waals surface area contributed by atoms with Gasteiger partial charge in [-0.3, -0.25) is 0 Å². The molecule has 98 valence electrons. The maximum Gasteiger partial charge on any atom is 0.328 e. The van der Waals surface area contributed by atoms with Gasteiger partial charge in [0.05, 0.1) is 5.69 Å². The van der Waals surface area contributed by atoms with Crippen LogP contribution in [0.1, 0.15) is 25.8 Å². The lowest BCUT2D eigenvalue weighted by Gasteiger charge is -2.27. The van der Waals surface area contributed by atoms with Crippen molar-refractivity contribution in [2.45, 2.75) is 26.3 Å². The number of carboxylic acids is 1. The number of nitrogens with zero attached hydrogens (tertiary/aromatic N) is 1. The van der Waals surface area contributed by atoms with Crippen LogP contribution >= 0.6 is 15.9 Å². The molecule has 0 amide bonds. The zero-order valence-corrected chi connectivity index (χ0v) is 12.4. The van der Waals surface area contributed by atoms with Gasteiger partial charge in [0.2, 0.25) is 0 Å². The molecule has 1 aromatic carbocycles. The summed E-state index contributed by atoms with van der Waals surface area (Å²) >= 11 is 3.53. The Bertz CT molecular complexity index is 457. The first-order valence-electron chi connectivity index (χ1n) is 5.89. The molecule has 0 saturated carbocycles. The number of halogens is 1. The van der Waals surface area contributed by atoms with Crippen LogP contribution in [0.2, 0.25) is 0 Å². The van der Waals surface area contributed by atoms with Crippen LogP contribution in [0, 0.1) is 0 Å². The molecule has 1 atom stereocenters. The smallest absolute Gasteiger partial charge is 0.328 e. The van der Waals surface area contributed by atoms with Gasteiger partial charge in [0.15, 0.2) is 0 Å². The van der Waals surface area contributed by atoms with Crippen molar-refractivity contribution in [3.05, 3.63) is 34.3 Å². The number of carbonyl (C=O) groups is 1. The molecule has 0 aliphatic heterocycles. The van der Waals surface area contributed by atoms with E-state index < -0.39 is 5.97 Å². The van der Waals surface area contributed by atoms with Crippen molar-refractivity contribution in [2.75, 3.05) is 11.9 Å². The molecule has 4 heteroatoms. The van der Waals surface area contributed by atoms with E-state index in [1.165, 1.54) is 0 Å². The molecule has 0 heterocycles. The van der Waals surface area contributed by atoms with Crippen LogP contribution in [-0.2, 0) is 4.79 Å². The van der Waals surface area contributed by atoms with Gasteiger partial charge in [-0.1, -0.05) is 13.0 Å². The molecule has 1 rings (SSSR count). The van der Waals surface area contributed by atoms with Crippen molar-refractivity contribution < 1.29 is 9.90 Å². The molecule has 1 aromatic rings. The van der Waals surface area contributed by atoms with Gasteiger partial charge in [-0.15, -0.1) is 0 Å². The quantitative estimate of drug-likeness (QED) is 0.841. The van der Waals surface area contributed by atoms with Gasteiger partial charge in [0.25, 0.3) is 0 Å². The Balaban J connectivity index is 2.96. The molecule has 0 aliphatic rings. The van der Waals surface area contributed by atoms with Crippen molar-refractivity contribution >= 4 is 33.7 Å². The van der Waals surface area contributed by atoms with Gasteiger partial charge in [-0.05, 0) is 53.0 Å². The molecule has 18 heavy (non-hydrogen) atoms. The third-order valence-corrected chi connectivity index (χ3v) is 3.66. The summed E-state index contributed by atoms with van der Waals surface area (Å²) in [5.41, 5.74) is 1.97. The maximum atomic E-state index is 10.5. The number of rotatable bonds is 5. The molecular formula is C14H18BrNO2. The Hall–Kier alpha value is -1.29. The standard InChI is InChI=1S/C14H18BrNO2/c1-4-10(2)16(3)13-7-5-11(9-12(13)15)6-8-14(17)18/h5-10H,4H2,1-3H3,(H,17,18)/b8-6+. The van der Waals surface area contributed by atoms with Gasteiger partial charge >= 0.3 is 5.97 Å². The first-order valence-corrected chi connectivity index (χ1v) is 6.68. The lowest BCUT2D eigenvalue weighted by atomic mass is 10.1. The Labute approximate surface area is 116 Å². The summed E-state index contributed by atoms with van der Waals surface area (Å²) in [6, 6.07) is 6.30. The van der Waals surface area contributed by atoms with E-state index >= 15 is 0 Å². The lowest BCUT2D eigenvalue weighted by Crippen LogP contribution is -2.28. The predicted molar refractivity (Wildman–Crippen MR) is 79.0 cm³/mol. The molecule has 0 aromatic heterocycles. The Morgan fingerprint density at radius 3 is 2.72 bits per heavy atom. The Morgan fingerprint density at radius 2 is 2.22 bits per heavy atom. The average Bonchev–Trinajstić information content (AvgIpc) is 2.34. The monoisotopic (exact) mass is 311 g/mol. The summed E-state index contributed by atoms with van der Waals surface area (Å²) in [6.45, 7) is 4.32. The normalized spacial score (nSPS) is 12.7. The number of carboxylic acid groups (broad SMARTS) is 1. The number of aliphatic carboxylic acids is 1. The van der Waals surface area contributed by atoms with E-state index in [-0.39, 0.29) is 0 Å². The Morgan fingerprint density at radius 1 is 1.56 bits per heavy atom. The molecule has 3 nitrogen and oxygen atoms in total. The molecule has 1 N–H and O–H groups in total. The van der Waals surface area contributed by atoms with Crippen molar-refractivity contribution in [3.8, 4) is 0 Å². The molecule has 0 bridgehead atoms. The molecule has 1 unspecified atom stereocenters. The van der Waals surface area contributed by atoms with E-state index in [2.05, 4.69) is 41.7 Å². The van der Waals surface area contributed by atoms with Gasteiger partial charge in [0, 0.05) is 23.6 Å². The molecule has 0 aliphatic carbocycles. The van der Waals surface area contributed by atoms with E-state index in [1.54, 1.807) is 6.08 Å². The van der Waals surface area contributed by atoms with Crippen LogP contribution in [0.3, 0.4) is 0 Å². The Kier molecular flexibility index (Phi) is 5.41. The summed E-state index contributed by atoms with van der Waals surface area (Å²) < 4.78 is 0.970.